The predicted molar refractivity (Wildman–Crippen MR) is 131 cm³/mol. The minimum absolute atomic E-state index is 0.425. The molecule has 10 heteroatoms. The molecule has 0 N–H and O–H groups in total. The van der Waals surface area contributed by atoms with Gasteiger partial charge in [0.05, 0.1) is 28.3 Å². The highest BCUT2D eigenvalue weighted by molar-refractivity contribution is 6.32. The van der Waals surface area contributed by atoms with E-state index >= 15 is 0 Å². The highest BCUT2D eigenvalue weighted by atomic mass is 35.5. The molecule has 0 bridgehead atoms. The Morgan fingerprint density at radius 2 is 1.48 bits per heavy atom. The van der Waals surface area contributed by atoms with E-state index in [9.17, 15) is 0 Å². The summed E-state index contributed by atoms with van der Waals surface area (Å²) < 4.78 is 1.78. The highest BCUT2D eigenvalue weighted by Crippen LogP contribution is 2.29. The summed E-state index contributed by atoms with van der Waals surface area (Å²) in [6.07, 6.45) is 3.39. The first-order chi connectivity index (χ1) is 16.2. The maximum absolute atomic E-state index is 6.47. The second kappa shape index (κ2) is 8.13. The lowest BCUT2D eigenvalue weighted by Crippen LogP contribution is -2.47. The van der Waals surface area contributed by atoms with Crippen molar-refractivity contribution >= 4 is 56.9 Å². The molecule has 0 atom stereocenters. The van der Waals surface area contributed by atoms with Crippen LogP contribution in [0.4, 0.5) is 11.6 Å². The smallest absolute Gasteiger partial charge is 0.172 e. The van der Waals surface area contributed by atoms with Crippen LogP contribution in [0.3, 0.4) is 0 Å². The predicted octanol–water partition coefficient (Wildman–Crippen LogP) is 4.39. The molecule has 1 fully saturated rings. The summed E-state index contributed by atoms with van der Waals surface area (Å²) >= 11 is 12.6. The first-order valence-corrected chi connectivity index (χ1v) is 11.3. The van der Waals surface area contributed by atoms with Gasteiger partial charge in [-0.05, 0) is 30.3 Å². The Morgan fingerprint density at radius 1 is 0.758 bits per heavy atom. The van der Waals surface area contributed by atoms with Crippen LogP contribution >= 0.6 is 23.2 Å². The normalized spacial score (nSPS) is 14.4. The van der Waals surface area contributed by atoms with E-state index in [1.807, 2.05) is 54.7 Å². The second-order valence-corrected chi connectivity index (χ2v) is 8.57. The molecule has 1 saturated heterocycles. The third-order valence-electron chi connectivity index (χ3n) is 5.79. The Morgan fingerprint density at radius 3 is 2.24 bits per heavy atom. The third-order valence-corrected chi connectivity index (χ3v) is 6.28. The first kappa shape index (κ1) is 20.1. The fourth-order valence-corrected chi connectivity index (χ4v) is 4.62. The van der Waals surface area contributed by atoms with Crippen LogP contribution in [0.25, 0.3) is 27.8 Å². The molecule has 0 saturated carbocycles. The number of nitrogens with zero attached hydrogens (tertiary/aromatic N) is 8. The summed E-state index contributed by atoms with van der Waals surface area (Å²) in [5.41, 5.74) is 3.24. The Hall–Kier alpha value is -3.49. The van der Waals surface area contributed by atoms with Gasteiger partial charge in [0.15, 0.2) is 16.6 Å². The molecular weight excluding hydrogens is 459 g/mol. The highest BCUT2D eigenvalue weighted by Gasteiger charge is 2.24. The van der Waals surface area contributed by atoms with Gasteiger partial charge >= 0.3 is 0 Å². The summed E-state index contributed by atoms with van der Waals surface area (Å²) in [5.74, 6) is 1.58. The molecule has 33 heavy (non-hydrogen) atoms. The van der Waals surface area contributed by atoms with Gasteiger partial charge in [0, 0.05) is 31.2 Å². The molecule has 1 aliphatic heterocycles. The van der Waals surface area contributed by atoms with Crippen molar-refractivity contribution in [2.75, 3.05) is 36.0 Å². The van der Waals surface area contributed by atoms with Crippen molar-refractivity contribution in [2.45, 2.75) is 0 Å². The van der Waals surface area contributed by atoms with Gasteiger partial charge in [-0.1, -0.05) is 41.4 Å². The van der Waals surface area contributed by atoms with Crippen LogP contribution in [0, 0.1) is 0 Å². The van der Waals surface area contributed by atoms with Crippen molar-refractivity contribution < 1.29 is 0 Å². The van der Waals surface area contributed by atoms with Gasteiger partial charge in [0.2, 0.25) is 0 Å². The third kappa shape index (κ3) is 3.61. The van der Waals surface area contributed by atoms with Crippen LogP contribution in [0.2, 0.25) is 10.2 Å². The van der Waals surface area contributed by atoms with Crippen molar-refractivity contribution in [3.05, 3.63) is 71.2 Å². The lowest BCUT2D eigenvalue weighted by Gasteiger charge is -2.36. The number of hydrogen-bond acceptors (Lipinski definition) is 7. The van der Waals surface area contributed by atoms with E-state index < -0.39 is 0 Å². The van der Waals surface area contributed by atoms with E-state index in [0.29, 0.717) is 10.2 Å². The Kier molecular flexibility index (Phi) is 4.96. The van der Waals surface area contributed by atoms with Crippen LogP contribution in [0.15, 0.2) is 61.1 Å². The van der Waals surface area contributed by atoms with Crippen molar-refractivity contribution in [3.8, 4) is 5.69 Å². The largest absolute Gasteiger partial charge is 0.352 e. The van der Waals surface area contributed by atoms with Crippen LogP contribution in [-0.2, 0) is 0 Å². The van der Waals surface area contributed by atoms with E-state index in [0.717, 1.165) is 65.6 Å². The molecule has 0 amide bonds. The number of halogens is 2. The van der Waals surface area contributed by atoms with Gasteiger partial charge in [-0.25, -0.2) is 24.6 Å². The molecule has 0 aliphatic carbocycles. The lowest BCUT2D eigenvalue weighted by molar-refractivity contribution is 0.643. The van der Waals surface area contributed by atoms with Crippen molar-refractivity contribution in [1.29, 1.82) is 0 Å². The van der Waals surface area contributed by atoms with Crippen molar-refractivity contribution in [3.63, 3.8) is 0 Å². The maximum Gasteiger partial charge on any atom is 0.172 e. The van der Waals surface area contributed by atoms with Crippen LogP contribution < -0.4 is 9.80 Å². The molecule has 164 valence electrons. The molecule has 8 nitrogen and oxygen atoms in total. The molecule has 3 aromatic heterocycles. The quantitative estimate of drug-likeness (QED) is 0.382. The number of piperazine rings is 1. The average molecular weight is 477 g/mol. The minimum Gasteiger partial charge on any atom is -0.352 e. The standard InChI is InChI=1S/C23H18Cl2N8/c24-15-4-3-5-16(12-15)33-22-17(13-28-33)21(26-14-27-22)31-8-10-32(11-9-31)23-20(25)29-18-6-1-2-7-19(18)30-23/h1-7,12-14H,8-11H2. The van der Waals surface area contributed by atoms with Gasteiger partial charge < -0.3 is 9.80 Å². The Bertz CT molecular complexity index is 1480. The molecule has 4 heterocycles. The molecular formula is C23H18Cl2N8. The Balaban J connectivity index is 1.27. The number of benzene rings is 2. The number of rotatable bonds is 3. The molecule has 0 radical (unpaired) electrons. The molecule has 6 rings (SSSR count). The van der Waals surface area contributed by atoms with Gasteiger partial charge in [-0.15, -0.1) is 0 Å². The summed E-state index contributed by atoms with van der Waals surface area (Å²) in [6.45, 7) is 3.03. The average Bonchev–Trinajstić information content (AvgIpc) is 3.28. The SMILES string of the molecule is Clc1cccc(-n2ncc3c(N4CCN(c5nc6ccccc6nc5Cl)CC4)ncnc32)c1. The topological polar surface area (TPSA) is 75.9 Å². The van der Waals surface area contributed by atoms with Gasteiger partial charge in [-0.2, -0.15) is 5.10 Å². The summed E-state index contributed by atoms with van der Waals surface area (Å²) in [4.78, 5) is 22.7. The fourth-order valence-electron chi connectivity index (χ4n) is 4.18. The number of anilines is 2. The van der Waals surface area contributed by atoms with Crippen molar-refractivity contribution in [2.24, 2.45) is 0 Å². The Labute approximate surface area is 199 Å². The van der Waals surface area contributed by atoms with E-state index in [1.165, 1.54) is 0 Å². The minimum atomic E-state index is 0.425. The van der Waals surface area contributed by atoms with Gasteiger partial charge in [0.1, 0.15) is 12.1 Å². The van der Waals surface area contributed by atoms with Crippen LogP contribution in [0.5, 0.6) is 0 Å². The zero-order valence-corrected chi connectivity index (χ0v) is 18.9. The summed E-state index contributed by atoms with van der Waals surface area (Å²) in [7, 11) is 0. The summed E-state index contributed by atoms with van der Waals surface area (Å²) in [6, 6.07) is 15.3. The maximum atomic E-state index is 6.47. The molecule has 5 aromatic rings. The summed E-state index contributed by atoms with van der Waals surface area (Å²) in [5, 5.41) is 6.52. The number of aromatic nitrogens is 6. The van der Waals surface area contributed by atoms with E-state index in [-0.39, 0.29) is 0 Å². The monoisotopic (exact) mass is 476 g/mol. The number of para-hydroxylation sites is 2. The zero-order valence-electron chi connectivity index (χ0n) is 17.4. The first-order valence-electron chi connectivity index (χ1n) is 10.5. The van der Waals surface area contributed by atoms with E-state index in [1.54, 1.807) is 11.0 Å². The molecule has 0 unspecified atom stereocenters. The molecule has 0 spiro atoms. The zero-order chi connectivity index (χ0) is 22.4. The number of fused-ring (bicyclic) bond motifs is 2. The second-order valence-electron chi connectivity index (χ2n) is 7.77. The van der Waals surface area contributed by atoms with Crippen molar-refractivity contribution in [1.82, 2.24) is 29.7 Å². The van der Waals surface area contributed by atoms with E-state index in [4.69, 9.17) is 28.2 Å². The molecule has 2 aromatic carbocycles. The lowest BCUT2D eigenvalue weighted by atomic mass is 10.2. The van der Waals surface area contributed by atoms with Crippen LogP contribution in [0.1, 0.15) is 0 Å². The van der Waals surface area contributed by atoms with Gasteiger partial charge in [0.25, 0.3) is 0 Å². The fraction of sp³-hybridized carbons (Fsp3) is 0.174. The molecule has 1 aliphatic rings. The van der Waals surface area contributed by atoms with E-state index in [2.05, 4.69) is 29.9 Å². The van der Waals surface area contributed by atoms with Gasteiger partial charge in [-0.3, -0.25) is 0 Å². The van der Waals surface area contributed by atoms with Crippen LogP contribution in [-0.4, -0.2) is 55.9 Å². The number of hydrogen-bond donors (Lipinski definition) is 0.